The van der Waals surface area contributed by atoms with Crippen molar-refractivity contribution in [2.75, 3.05) is 19.8 Å². The van der Waals surface area contributed by atoms with E-state index < -0.39 is 103 Å². The van der Waals surface area contributed by atoms with E-state index in [-0.39, 0.29) is 154 Å². The molecule has 1 aromatic rings. The van der Waals surface area contributed by atoms with Gasteiger partial charge in [0.2, 0.25) is 6.29 Å². The van der Waals surface area contributed by atoms with Crippen molar-refractivity contribution in [3.63, 3.8) is 0 Å². The fourth-order valence-corrected chi connectivity index (χ4v) is 16.4. The summed E-state index contributed by atoms with van der Waals surface area (Å²) >= 11 is 5.28. The molecule has 0 aliphatic carbocycles. The highest BCUT2D eigenvalue weighted by Crippen LogP contribution is 2.43. The number of esters is 2. The highest BCUT2D eigenvalue weighted by molar-refractivity contribution is 7.80. The van der Waals surface area contributed by atoms with Gasteiger partial charge in [-0.1, -0.05) is 55.4 Å². The Hall–Kier alpha value is -3.51. The Bertz CT molecular complexity index is 3050. The SMILES string of the molecule is CC1(C)OC2[C@@H](O[C@H](CO)[C@@H]2O)O1.CC[C@@H]1CC(=O)[C@H](C)O1.CC[C@@H]1CC(F)[C@H](C)O1.CC[C@@H]1CC(O)[C@H](C)O1.CC[C@@H]1CC(O)[C@H](C)O1.CC[C@@H]1CC(OC(C)=O)[C@H](OC(C)=O)O1.CC[C@@H]1CC2OC(C)(C)O[C@@H]2O1.CC[C@H]1O[C@H]2OC(C)(C)OC2[C@H]1O.CC[C@H]1O[C@H]2OC(C)(C)OC2[C@H]1OC(=S)n1ccnc1.C[C@@H]1O[C@H](CO)CC1F.C[C@@H]1O[C@H](CO)CC1O. The summed E-state index contributed by atoms with van der Waals surface area (Å²) in [6, 6.07) is 0. The van der Waals surface area contributed by atoms with Crippen molar-refractivity contribution in [2.45, 2.75) is 507 Å². The molecule has 1 aromatic heterocycles. The zero-order chi connectivity index (χ0) is 94.9. The van der Waals surface area contributed by atoms with Crippen LogP contribution in [0.25, 0.3) is 0 Å². The Morgan fingerprint density at radius 3 is 1.16 bits per heavy atom. The first kappa shape index (κ1) is 112. The third kappa shape index (κ3) is 35.0. The lowest BCUT2D eigenvalue weighted by molar-refractivity contribution is -0.218. The lowest BCUT2D eigenvalue weighted by atomic mass is 10.1. The molecule has 10 unspecified atom stereocenters. The van der Waals surface area contributed by atoms with Gasteiger partial charge in [-0.05, 0) is 161 Å². The fraction of sp³-hybridized carbons (Fsp3) is 0.921. The molecule has 0 radical (unpaired) electrons. The number of aliphatic hydroxyl groups excluding tert-OH is 8. The van der Waals surface area contributed by atoms with Crippen LogP contribution >= 0.6 is 12.2 Å². The van der Waals surface area contributed by atoms with Gasteiger partial charge < -0.3 is 145 Å². The molecular weight excluding hydrogens is 1700 g/mol. The van der Waals surface area contributed by atoms with Crippen molar-refractivity contribution in [3.8, 4) is 0 Å². The smallest absolute Gasteiger partial charge is 0.305 e. The van der Waals surface area contributed by atoms with E-state index in [2.05, 4.69) is 25.8 Å². The molecule has 0 bridgehead atoms. The number of aliphatic hydroxyl groups is 8. The number of ketones is 1. The summed E-state index contributed by atoms with van der Waals surface area (Å²) < 4.78 is 146. The number of ether oxygens (including phenoxy) is 22. The Labute approximate surface area is 754 Å². The zero-order valence-corrected chi connectivity index (χ0v) is 80.0. The van der Waals surface area contributed by atoms with E-state index in [4.69, 9.17) is 137 Å². The summed E-state index contributed by atoms with van der Waals surface area (Å²) in [6.45, 7) is 44.3. The molecule has 15 saturated heterocycles. The molecule has 0 saturated carbocycles. The molecule has 8 N–H and O–H groups in total. The van der Waals surface area contributed by atoms with Crippen LogP contribution in [0.15, 0.2) is 18.7 Å². The molecule has 15 aliphatic rings. The van der Waals surface area contributed by atoms with Crippen LogP contribution in [0.3, 0.4) is 0 Å². The second kappa shape index (κ2) is 52.5. The largest absolute Gasteiger partial charge is 0.461 e. The van der Waals surface area contributed by atoms with Crippen LogP contribution in [-0.4, -0.2) is 331 Å². The quantitative estimate of drug-likeness (QED) is 0.0635. The fourth-order valence-electron chi connectivity index (χ4n) is 16.1. The molecule has 0 spiro atoms. The first-order chi connectivity index (χ1) is 59.6. The number of carbonyl (C=O) groups excluding carboxylic acids is 3. The molecule has 35 nitrogen and oxygen atoms in total. The number of carbonyl (C=O) groups is 3. The number of imidazole rings is 1. The van der Waals surface area contributed by atoms with Crippen LogP contribution < -0.4 is 0 Å². The van der Waals surface area contributed by atoms with Gasteiger partial charge in [0.25, 0.3) is 5.17 Å². The highest BCUT2D eigenvalue weighted by Gasteiger charge is 2.58. The Kier molecular flexibility index (Phi) is 46.4. The number of fused-ring (bicyclic) bond motifs is 4. The number of hydrogen-bond donors (Lipinski definition) is 8. The summed E-state index contributed by atoms with van der Waals surface area (Å²) in [4.78, 5) is 36.4. The number of alkyl halides is 2. The van der Waals surface area contributed by atoms with E-state index in [1.807, 2.05) is 96.9 Å². The summed E-state index contributed by atoms with van der Waals surface area (Å²) in [5.41, 5.74) is 0. The number of hydrogen-bond acceptors (Lipinski definition) is 35. The van der Waals surface area contributed by atoms with Crippen molar-refractivity contribution in [2.24, 2.45) is 0 Å². The maximum Gasteiger partial charge on any atom is 0.305 e. The Balaban J connectivity index is 0.000000218. The molecule has 35 atom stereocenters. The van der Waals surface area contributed by atoms with Gasteiger partial charge in [0, 0.05) is 77.6 Å². The maximum absolute atomic E-state index is 12.6. The second-order valence-corrected chi connectivity index (χ2v) is 36.3. The van der Waals surface area contributed by atoms with Crippen molar-refractivity contribution >= 4 is 35.1 Å². The van der Waals surface area contributed by atoms with E-state index in [1.54, 1.807) is 57.9 Å². The summed E-state index contributed by atoms with van der Waals surface area (Å²) in [6.07, 6.45) is 9.36. The van der Waals surface area contributed by atoms with Crippen molar-refractivity contribution in [1.82, 2.24) is 9.55 Å². The zero-order valence-electron chi connectivity index (χ0n) is 79.2. The minimum atomic E-state index is -0.887. The average Bonchev–Trinajstić information content (AvgIpc) is 1.62. The van der Waals surface area contributed by atoms with E-state index >= 15 is 0 Å². The van der Waals surface area contributed by atoms with Gasteiger partial charge in [-0.3, -0.25) is 19.0 Å². The molecule has 38 heteroatoms. The topological polar surface area (TPSA) is 434 Å². The molecule has 15 fully saturated rings. The van der Waals surface area contributed by atoms with Crippen LogP contribution in [0.4, 0.5) is 8.78 Å². The average molecular weight is 1850 g/mol. The van der Waals surface area contributed by atoms with Crippen LogP contribution in [0, 0.1) is 0 Å². The molecule has 16 heterocycles. The maximum atomic E-state index is 12.6. The molecule has 0 amide bonds. The second-order valence-electron chi connectivity index (χ2n) is 36.0. The number of Topliss-reactive ketones (excluding diaryl/α,β-unsaturated/α-hetero) is 1. The van der Waals surface area contributed by atoms with Crippen molar-refractivity contribution < 1.29 is 168 Å². The number of rotatable bonds is 14. The van der Waals surface area contributed by atoms with Crippen molar-refractivity contribution in [1.29, 1.82) is 0 Å². The number of nitrogens with zero attached hydrogens (tertiary/aromatic N) is 2. The minimum absolute atomic E-state index is 0.0151. The van der Waals surface area contributed by atoms with Gasteiger partial charge in [0.1, 0.15) is 67.5 Å². The van der Waals surface area contributed by atoms with Gasteiger partial charge in [0.15, 0.2) is 72.4 Å². The molecular formula is C89H156F2N2O33S. The van der Waals surface area contributed by atoms with E-state index in [1.165, 1.54) is 13.8 Å². The predicted octanol–water partition coefficient (Wildman–Crippen LogP) is 9.14. The Morgan fingerprint density at radius 2 is 0.819 bits per heavy atom. The lowest BCUT2D eigenvalue weighted by Crippen LogP contribution is -2.38. The molecule has 0 aromatic carbocycles. The molecule has 15 aliphatic heterocycles. The highest BCUT2D eigenvalue weighted by atomic mass is 32.1. The van der Waals surface area contributed by atoms with E-state index in [9.17, 15) is 43.6 Å². The number of thiocarbonyl (C=S) groups is 1. The number of halogens is 2. The first-order valence-electron chi connectivity index (χ1n) is 45.8. The number of aromatic nitrogens is 2. The molecule has 127 heavy (non-hydrogen) atoms. The normalized spacial score (nSPS) is 41.1. The van der Waals surface area contributed by atoms with E-state index in [0.29, 0.717) is 55.6 Å². The standard InChI is InChI=1S/C13H18N2O4S.C10H16O5.C9H16O4.C9H16O3.C8H14O5.C7H13FO.2C7H14O2.C7H12O2.C6H11FO2.C6H12O3/c1-4-8-9(17-12(20)15-6-5-14-7-15)10-11(16-8)19-13(2,3)18-10;1-4-8-5-9(13-6(2)11)10(15-8)14-7(3)12;1-4-5-6(10)7-8(11-5)13-9(2,3)12-7;1-4-6-5-7-8(10-6)12-9(2,3)11-7;1-8(2)12-6-5(10)4(3-9)11-7(6)13-8;4*1-3-6-4-7(8)5(2)9-6;1-4-6(7)2-5(3-8)9-4;1-4-6(8)2-5(3-7)9-4/h5-11H,4H2,1-3H3;8-10H,4-5H2,1-3H3;5-8,10H,4H2,1-3H3;6-8H,4-5H2,1-3H3;4-7,9-10H,3H2,1-2H3;5-7H,3-4H2,1-2H3;2*5-8H,3-4H2,1-2H3;5-6H,3-4H2,1-2H3;4-6,8H,2-3H2,1H3;4-8H,2-3H2,1H3/t8-,9+,10?,11+;8-,9?,10-;5-,6+,7?,8+;6-,7?,8+;4-,5+,6?,7+;3*5-,6+,7?;5-,6+;2*4-,5-,6?/m11111000000/s1. The first-order valence-corrected chi connectivity index (χ1v) is 46.2. The Morgan fingerprint density at radius 1 is 0.433 bits per heavy atom. The van der Waals surface area contributed by atoms with E-state index in [0.717, 1.165) is 70.6 Å². The lowest BCUT2D eigenvalue weighted by Gasteiger charge is -2.25. The van der Waals surface area contributed by atoms with Crippen LogP contribution in [0.2, 0.25) is 0 Å². The van der Waals surface area contributed by atoms with Crippen LogP contribution in [-0.2, 0) is 119 Å². The summed E-state index contributed by atoms with van der Waals surface area (Å²) in [7, 11) is 0. The van der Waals surface area contributed by atoms with Gasteiger partial charge in [-0.2, -0.15) is 0 Å². The summed E-state index contributed by atoms with van der Waals surface area (Å²) in [5.74, 6) is -3.03. The monoisotopic (exact) mass is 1850 g/mol. The minimum Gasteiger partial charge on any atom is -0.461 e. The third-order valence-electron chi connectivity index (χ3n) is 23.5. The summed E-state index contributed by atoms with van der Waals surface area (Å²) in [5, 5.41) is 73.0. The van der Waals surface area contributed by atoms with Crippen molar-refractivity contribution in [3.05, 3.63) is 18.7 Å². The molecule has 740 valence electrons. The molecule has 16 rings (SSSR count). The predicted molar refractivity (Wildman–Crippen MR) is 457 cm³/mol. The van der Waals surface area contributed by atoms with Gasteiger partial charge in [0.05, 0.1) is 124 Å². The van der Waals surface area contributed by atoms with Gasteiger partial charge in [-0.15, -0.1) is 0 Å². The van der Waals surface area contributed by atoms with Crippen LogP contribution in [0.5, 0.6) is 0 Å². The van der Waals surface area contributed by atoms with Gasteiger partial charge in [-0.25, -0.2) is 13.8 Å². The van der Waals surface area contributed by atoms with Crippen LogP contribution in [0.1, 0.15) is 269 Å². The van der Waals surface area contributed by atoms with Gasteiger partial charge >= 0.3 is 11.9 Å². The third-order valence-corrected chi connectivity index (χ3v) is 23.8.